The molecule has 2 aromatic rings. The van der Waals surface area contributed by atoms with Gasteiger partial charge in [0, 0.05) is 11.6 Å². The molecule has 18 heavy (non-hydrogen) atoms. The zero-order valence-corrected chi connectivity index (χ0v) is 10.3. The lowest BCUT2D eigenvalue weighted by Crippen LogP contribution is -1.97. The van der Waals surface area contributed by atoms with Gasteiger partial charge in [0.15, 0.2) is 0 Å². The van der Waals surface area contributed by atoms with E-state index in [-0.39, 0.29) is 0 Å². The van der Waals surface area contributed by atoms with Crippen LogP contribution in [0, 0.1) is 11.6 Å². The van der Waals surface area contributed by atoms with Crippen molar-refractivity contribution in [3.05, 3.63) is 54.1 Å². The zero-order chi connectivity index (χ0) is 13.0. The molecule has 0 radical (unpaired) electrons. The highest BCUT2D eigenvalue weighted by Crippen LogP contribution is 2.25. The Balaban J connectivity index is 2.23. The molecule has 0 aromatic heterocycles. The van der Waals surface area contributed by atoms with Crippen LogP contribution in [-0.4, -0.2) is 12.5 Å². The zero-order valence-electron chi connectivity index (χ0n) is 9.50. The minimum atomic E-state index is -0.585. The molecule has 0 aliphatic carbocycles. The van der Waals surface area contributed by atoms with Gasteiger partial charge in [0.1, 0.15) is 24.0 Å². The summed E-state index contributed by atoms with van der Waals surface area (Å²) in [5, 5.41) is 0. The summed E-state index contributed by atoms with van der Waals surface area (Å²) in [6.45, 7) is 0.422. The molecule has 4 heteroatoms. The molecule has 2 aromatic carbocycles. The fourth-order valence-corrected chi connectivity index (χ4v) is 1.69. The van der Waals surface area contributed by atoms with Crippen molar-refractivity contribution in [3.8, 4) is 16.9 Å². The van der Waals surface area contributed by atoms with Crippen LogP contribution < -0.4 is 4.74 Å². The van der Waals surface area contributed by atoms with Crippen molar-refractivity contribution in [2.24, 2.45) is 0 Å². The van der Waals surface area contributed by atoms with Crippen molar-refractivity contribution in [1.82, 2.24) is 0 Å². The van der Waals surface area contributed by atoms with Crippen LogP contribution in [0.2, 0.25) is 0 Å². The van der Waals surface area contributed by atoms with Gasteiger partial charge in [0.05, 0.1) is 5.88 Å². The minimum Gasteiger partial charge on any atom is -0.492 e. The average molecular weight is 269 g/mol. The van der Waals surface area contributed by atoms with Gasteiger partial charge in [-0.15, -0.1) is 11.6 Å². The topological polar surface area (TPSA) is 9.23 Å². The van der Waals surface area contributed by atoms with Crippen molar-refractivity contribution < 1.29 is 13.5 Å². The number of halogens is 3. The first-order valence-corrected chi connectivity index (χ1v) is 5.98. The van der Waals surface area contributed by atoms with E-state index in [9.17, 15) is 8.78 Å². The number of benzene rings is 2. The first kappa shape index (κ1) is 12.8. The van der Waals surface area contributed by atoms with Gasteiger partial charge >= 0.3 is 0 Å². The van der Waals surface area contributed by atoms with Gasteiger partial charge in [0.25, 0.3) is 0 Å². The van der Waals surface area contributed by atoms with Crippen LogP contribution in [0.25, 0.3) is 11.1 Å². The van der Waals surface area contributed by atoms with Gasteiger partial charge in [-0.1, -0.05) is 12.1 Å². The van der Waals surface area contributed by atoms with Gasteiger partial charge in [-0.25, -0.2) is 8.78 Å². The Kier molecular flexibility index (Phi) is 4.15. The second kappa shape index (κ2) is 5.83. The maximum Gasteiger partial charge on any atom is 0.133 e. The fraction of sp³-hybridized carbons (Fsp3) is 0.143. The fourth-order valence-electron chi connectivity index (χ4n) is 1.61. The van der Waals surface area contributed by atoms with Gasteiger partial charge in [-0.2, -0.15) is 0 Å². The maximum atomic E-state index is 13.6. The minimum absolute atomic E-state index is 0.361. The van der Waals surface area contributed by atoms with Gasteiger partial charge in [-0.3, -0.25) is 0 Å². The standard InChI is InChI=1S/C14H11ClF2O/c15-7-8-18-12-4-1-10(2-5-12)13-6-3-11(16)9-14(13)17/h1-6,9H,7-8H2. The predicted octanol–water partition coefficient (Wildman–Crippen LogP) is 4.25. The Morgan fingerprint density at radius 2 is 1.72 bits per heavy atom. The van der Waals surface area contributed by atoms with Gasteiger partial charge in [0.2, 0.25) is 0 Å². The van der Waals surface area contributed by atoms with E-state index in [0.717, 1.165) is 6.07 Å². The second-order valence-electron chi connectivity index (χ2n) is 3.69. The molecule has 0 N–H and O–H groups in total. The smallest absolute Gasteiger partial charge is 0.133 e. The van der Waals surface area contributed by atoms with Crippen molar-refractivity contribution in [3.63, 3.8) is 0 Å². The summed E-state index contributed by atoms with van der Waals surface area (Å²) in [5.41, 5.74) is 1.03. The molecule has 0 aliphatic rings. The molecule has 0 saturated carbocycles. The molecular formula is C14H11ClF2O. The van der Waals surface area contributed by atoms with Crippen molar-refractivity contribution in [2.45, 2.75) is 0 Å². The van der Waals surface area contributed by atoms with E-state index in [1.54, 1.807) is 24.3 Å². The Morgan fingerprint density at radius 3 is 2.33 bits per heavy atom. The van der Waals surface area contributed by atoms with E-state index in [1.165, 1.54) is 12.1 Å². The molecule has 2 rings (SSSR count). The molecule has 0 amide bonds. The molecule has 1 nitrogen and oxygen atoms in total. The summed E-state index contributed by atoms with van der Waals surface area (Å²) in [6, 6.07) is 10.4. The van der Waals surface area contributed by atoms with Crippen molar-refractivity contribution in [2.75, 3.05) is 12.5 Å². The van der Waals surface area contributed by atoms with Crippen LogP contribution in [0.4, 0.5) is 8.78 Å². The lowest BCUT2D eigenvalue weighted by molar-refractivity contribution is 0.343. The third kappa shape index (κ3) is 2.99. The molecule has 0 atom stereocenters. The number of rotatable bonds is 4. The normalized spacial score (nSPS) is 10.4. The summed E-state index contributed by atoms with van der Waals surface area (Å²) >= 11 is 5.50. The van der Waals surface area contributed by atoms with E-state index >= 15 is 0 Å². The van der Waals surface area contributed by atoms with Crippen LogP contribution in [0.3, 0.4) is 0 Å². The lowest BCUT2D eigenvalue weighted by Gasteiger charge is -2.06. The number of ether oxygens (including phenoxy) is 1. The number of alkyl halides is 1. The third-order valence-corrected chi connectivity index (χ3v) is 2.60. The summed E-state index contributed by atoms with van der Waals surface area (Å²) in [4.78, 5) is 0. The van der Waals surface area contributed by atoms with E-state index in [4.69, 9.17) is 16.3 Å². The van der Waals surface area contributed by atoms with E-state index in [2.05, 4.69) is 0 Å². The quantitative estimate of drug-likeness (QED) is 0.753. The third-order valence-electron chi connectivity index (χ3n) is 2.44. The first-order valence-electron chi connectivity index (χ1n) is 5.45. The molecule has 0 saturated heterocycles. The highest BCUT2D eigenvalue weighted by Gasteiger charge is 2.06. The van der Waals surface area contributed by atoms with Crippen LogP contribution in [0.1, 0.15) is 0 Å². The summed E-state index contributed by atoms with van der Waals surface area (Å²) in [5.74, 6) is -0.0846. The molecule has 0 spiro atoms. The molecule has 94 valence electrons. The van der Waals surface area contributed by atoms with E-state index in [0.29, 0.717) is 29.4 Å². The maximum absolute atomic E-state index is 13.6. The number of hydrogen-bond acceptors (Lipinski definition) is 1. The van der Waals surface area contributed by atoms with E-state index in [1.807, 2.05) is 0 Å². The summed E-state index contributed by atoms with van der Waals surface area (Å²) in [7, 11) is 0. The molecule has 0 fully saturated rings. The van der Waals surface area contributed by atoms with Crippen LogP contribution in [-0.2, 0) is 0 Å². The molecule has 0 heterocycles. The van der Waals surface area contributed by atoms with Crippen LogP contribution in [0.5, 0.6) is 5.75 Å². The molecular weight excluding hydrogens is 258 g/mol. The van der Waals surface area contributed by atoms with Crippen molar-refractivity contribution >= 4 is 11.6 Å². The van der Waals surface area contributed by atoms with Crippen molar-refractivity contribution in [1.29, 1.82) is 0 Å². The number of hydrogen-bond donors (Lipinski definition) is 0. The van der Waals surface area contributed by atoms with Crippen LogP contribution in [0.15, 0.2) is 42.5 Å². The van der Waals surface area contributed by atoms with Gasteiger partial charge in [-0.05, 0) is 29.8 Å². The average Bonchev–Trinajstić information content (AvgIpc) is 2.37. The highest BCUT2D eigenvalue weighted by atomic mass is 35.5. The summed E-state index contributed by atoms with van der Waals surface area (Å²) < 4.78 is 31.7. The molecule has 0 bridgehead atoms. The second-order valence-corrected chi connectivity index (χ2v) is 4.06. The lowest BCUT2D eigenvalue weighted by atomic mass is 10.1. The Morgan fingerprint density at radius 1 is 1.00 bits per heavy atom. The van der Waals surface area contributed by atoms with Crippen LogP contribution >= 0.6 is 11.6 Å². The highest BCUT2D eigenvalue weighted by molar-refractivity contribution is 6.18. The monoisotopic (exact) mass is 268 g/mol. The molecule has 0 aliphatic heterocycles. The Bertz CT molecular complexity index is 526. The van der Waals surface area contributed by atoms with Gasteiger partial charge < -0.3 is 4.74 Å². The Labute approximate surface area is 109 Å². The summed E-state index contributed by atoms with van der Waals surface area (Å²) in [6.07, 6.45) is 0. The largest absolute Gasteiger partial charge is 0.492 e. The Hall–Kier alpha value is -1.61. The predicted molar refractivity (Wildman–Crippen MR) is 68.0 cm³/mol. The molecule has 0 unspecified atom stereocenters. The first-order chi connectivity index (χ1) is 8.70. The SMILES string of the molecule is Fc1ccc(-c2ccc(OCCCl)cc2)c(F)c1. The van der Waals surface area contributed by atoms with E-state index < -0.39 is 11.6 Å².